The number of nitrogens with zero attached hydrogens (tertiary/aromatic N) is 12. The van der Waals surface area contributed by atoms with E-state index in [0.29, 0.717) is 35.3 Å². The minimum Gasteiger partial charge on any atom is -0.508 e. The number of aliphatic hydroxyl groups excluding tert-OH is 1. The Labute approximate surface area is 662 Å². The summed E-state index contributed by atoms with van der Waals surface area (Å²) in [7, 11) is 1.60. The second-order valence-corrected chi connectivity index (χ2v) is 30.5. The molecular formula is C94H92N12O8. The number of benzene rings is 3. The third-order valence-electron chi connectivity index (χ3n) is 23.5. The minimum atomic E-state index is -0.326. The highest BCUT2D eigenvalue weighted by molar-refractivity contribution is 5.99. The van der Waals surface area contributed by atoms with E-state index >= 15 is 0 Å². The average Bonchev–Trinajstić information content (AvgIpc) is 1.61. The van der Waals surface area contributed by atoms with Crippen LogP contribution in [0.1, 0.15) is 176 Å². The van der Waals surface area contributed by atoms with E-state index in [1.54, 1.807) is 39.3 Å². The van der Waals surface area contributed by atoms with Crippen LogP contribution in [-0.2, 0) is 14.9 Å². The van der Waals surface area contributed by atoms with Gasteiger partial charge in [-0.15, -0.1) is 0 Å². The third kappa shape index (κ3) is 14.4. The van der Waals surface area contributed by atoms with Gasteiger partial charge in [-0.05, 0) is 214 Å². The number of ether oxygens (including phenoxy) is 2. The molecule has 0 saturated heterocycles. The van der Waals surface area contributed by atoms with Crippen LogP contribution in [0.2, 0.25) is 0 Å². The van der Waals surface area contributed by atoms with Crippen molar-refractivity contribution in [3.63, 3.8) is 0 Å². The molecule has 12 aromatic heterocycles. The fraction of sp³-hybridized carbons (Fsp3) is 0.287. The first-order valence-corrected chi connectivity index (χ1v) is 39.4. The number of Topliss-reactive ketones (excluding diaryl/α,β-unsaturated/α-hetero) is 1. The number of hydrogen-bond acceptors (Lipinski definition) is 17. The summed E-state index contributed by atoms with van der Waals surface area (Å²) in [5, 5.41) is 22.5. The maximum absolute atomic E-state index is 12.3. The summed E-state index contributed by atoms with van der Waals surface area (Å²) in [6.45, 7) is 21.3. The lowest BCUT2D eigenvalue weighted by Crippen LogP contribution is -2.19. The predicted octanol–water partition coefficient (Wildman–Crippen LogP) is 21.6. The van der Waals surface area contributed by atoms with Crippen LogP contribution < -0.4 is 4.74 Å². The summed E-state index contributed by atoms with van der Waals surface area (Å²) < 4.78 is 34.1. The van der Waals surface area contributed by atoms with Gasteiger partial charge in [-0.3, -0.25) is 34.7 Å². The first-order valence-electron chi connectivity index (χ1n) is 39.4. The number of carbonyl (C=O) groups excluding carboxylic acids is 2. The maximum Gasteiger partial charge on any atom is 0.338 e. The molecule has 12 heterocycles. The zero-order valence-corrected chi connectivity index (χ0v) is 66.0. The Morgan fingerprint density at radius 1 is 0.518 bits per heavy atom. The van der Waals surface area contributed by atoms with E-state index in [2.05, 4.69) is 133 Å². The number of fused-ring (bicyclic) bond motifs is 3. The second kappa shape index (κ2) is 31.8. The van der Waals surface area contributed by atoms with Crippen molar-refractivity contribution in [2.24, 2.45) is 11.8 Å². The molecule has 3 unspecified atom stereocenters. The smallest absolute Gasteiger partial charge is 0.338 e. The summed E-state index contributed by atoms with van der Waals surface area (Å²) >= 11 is 0. The largest absolute Gasteiger partial charge is 0.508 e. The number of ketones is 1. The molecule has 0 aliphatic heterocycles. The van der Waals surface area contributed by atoms with Crippen LogP contribution in [0.25, 0.3) is 106 Å². The van der Waals surface area contributed by atoms with E-state index in [4.69, 9.17) is 48.0 Å². The lowest BCUT2D eigenvalue weighted by molar-refractivity contribution is -0.119. The molecular weight excluding hydrogens is 1430 g/mol. The molecule has 3 fully saturated rings. The number of aromatic nitrogens is 12. The van der Waals surface area contributed by atoms with Gasteiger partial charge in [0.1, 0.15) is 34.6 Å². The Balaban J connectivity index is 0.000000129. The number of methoxy groups -OCH3 is 1. The van der Waals surface area contributed by atoms with Crippen molar-refractivity contribution in [2.75, 3.05) is 13.7 Å². The number of aliphatic hydroxyl groups is 1. The average molecular weight is 1520 g/mol. The molecule has 114 heavy (non-hydrogen) atoms. The molecule has 0 amide bonds. The molecule has 0 spiro atoms. The molecule has 18 rings (SSSR count). The number of carbonyl (C=O) groups is 2. The molecule has 576 valence electrons. The van der Waals surface area contributed by atoms with Gasteiger partial charge in [-0.2, -0.15) is 0 Å². The van der Waals surface area contributed by atoms with Crippen LogP contribution in [0.4, 0.5) is 0 Å². The van der Waals surface area contributed by atoms with Gasteiger partial charge in [-0.1, -0.05) is 108 Å². The molecule has 0 radical (unpaired) electrons. The lowest BCUT2D eigenvalue weighted by atomic mass is 9.91. The van der Waals surface area contributed by atoms with E-state index < -0.39 is 0 Å². The maximum atomic E-state index is 12.3. The predicted molar refractivity (Wildman–Crippen MR) is 443 cm³/mol. The van der Waals surface area contributed by atoms with E-state index in [1.807, 2.05) is 133 Å². The highest BCUT2D eigenvalue weighted by atomic mass is 16.5. The standard InChI is InChI=1S/C34H34N4O2.C32H32N4O3.C28H26N4O3/c1-21-31(22(2)40-37-21)26-18-30-32(36-19-26)28(24-11-13-27(14-12-24)34(15-16-34)23(3)39)20-38(30)33(25-8-4-5-9-25)29-10-6-7-17-35-29;1-19-30(21(3)39-35-19)24-15-28-31(34-17-24)26(23-12-13-25(20(2)37)29(16-23)38-4)18-36(28)32(22-9-5-6-10-22)27-11-7-8-14-33-27;1-5-34-28(33)21-11-9-20(10-12-21)23-16-32(18(3)24-8-6-7-13-29-24)25-14-22(15-30-27(23)25)26-17(2)31-35-19(26)4/h6-7,10-14,17-20,25,33H,4-5,8-9,15-16H2,1-3H3;7-8,11-18,22,32,37H,2,5-6,9-10H2,1,3-4H3;6-16,18H,5H2,1-4H3. The first kappa shape index (κ1) is 75.3. The molecule has 3 aromatic carbocycles. The molecule has 3 aliphatic rings. The molecule has 3 saturated carbocycles. The quantitative estimate of drug-likeness (QED) is 0.0551. The zero-order valence-electron chi connectivity index (χ0n) is 66.0. The minimum absolute atomic E-state index is 0.0204. The van der Waals surface area contributed by atoms with Gasteiger partial charge in [0, 0.05) is 106 Å². The van der Waals surface area contributed by atoms with Gasteiger partial charge >= 0.3 is 5.97 Å². The van der Waals surface area contributed by atoms with Crippen LogP contribution in [0.5, 0.6) is 5.75 Å². The number of hydrogen-bond donors (Lipinski definition) is 1. The summed E-state index contributed by atoms with van der Waals surface area (Å²) in [6.07, 6.45) is 29.4. The van der Waals surface area contributed by atoms with Crippen LogP contribution >= 0.6 is 0 Å². The van der Waals surface area contributed by atoms with Crippen LogP contribution in [-0.4, -0.2) is 89.7 Å². The zero-order chi connectivity index (χ0) is 79.1. The Morgan fingerprint density at radius 2 is 0.921 bits per heavy atom. The van der Waals surface area contributed by atoms with Gasteiger partial charge in [0.2, 0.25) is 0 Å². The van der Waals surface area contributed by atoms with Gasteiger partial charge in [0.25, 0.3) is 0 Å². The SMILES string of the molecule is C=C(O)c1ccc(-c2cn(C(c3ccccn3)C3CCCC3)c3cc(-c4c(C)noc4C)cnc23)cc1OC.CC(=O)C1(c2ccc(-c3cn(C(c4ccccn4)C4CCCC4)c4cc(-c5c(C)noc5C)cnc34)cc2)CC1.CCOC(=O)c1ccc(-c2cn(C(C)c3ccccn3)c3cc(-c4c(C)noc4C)cnc23)cc1. The lowest BCUT2D eigenvalue weighted by Gasteiger charge is -2.26. The highest BCUT2D eigenvalue weighted by Gasteiger charge is 2.48. The Kier molecular flexibility index (Phi) is 21.0. The molecule has 0 bridgehead atoms. The van der Waals surface area contributed by atoms with Crippen LogP contribution in [0, 0.1) is 53.4 Å². The number of esters is 1. The third-order valence-corrected chi connectivity index (χ3v) is 23.5. The Hall–Kier alpha value is -12.7. The summed E-state index contributed by atoms with van der Waals surface area (Å²) in [6, 6.07) is 46.9. The Morgan fingerprint density at radius 3 is 1.30 bits per heavy atom. The van der Waals surface area contributed by atoms with Crippen molar-refractivity contribution in [1.82, 2.24) is 59.1 Å². The Bertz CT molecular complexity index is 5980. The number of aryl methyl sites for hydroxylation is 6. The van der Waals surface area contributed by atoms with Gasteiger partial charge < -0.3 is 41.9 Å². The van der Waals surface area contributed by atoms with Crippen molar-refractivity contribution < 1.29 is 37.7 Å². The number of rotatable bonds is 20. The topological polar surface area (TPSA) is 243 Å². The van der Waals surface area contributed by atoms with Crippen molar-refractivity contribution in [3.05, 3.63) is 270 Å². The van der Waals surface area contributed by atoms with Gasteiger partial charge in [0.15, 0.2) is 0 Å². The number of pyridine rings is 6. The van der Waals surface area contributed by atoms with Crippen molar-refractivity contribution >= 4 is 50.6 Å². The normalized spacial score (nSPS) is 14.8. The van der Waals surface area contributed by atoms with Crippen molar-refractivity contribution in [1.29, 1.82) is 0 Å². The second-order valence-electron chi connectivity index (χ2n) is 30.5. The molecule has 3 atom stereocenters. The van der Waals surface area contributed by atoms with Crippen molar-refractivity contribution in [3.8, 4) is 72.5 Å². The fourth-order valence-electron chi connectivity index (χ4n) is 17.6. The van der Waals surface area contributed by atoms with E-state index in [-0.39, 0.29) is 41.1 Å². The molecule has 20 heteroatoms. The fourth-order valence-corrected chi connectivity index (χ4v) is 17.6. The van der Waals surface area contributed by atoms with Crippen molar-refractivity contribution in [2.45, 2.75) is 150 Å². The molecule has 1 N–H and O–H groups in total. The van der Waals surface area contributed by atoms with E-state index in [1.165, 1.54) is 38.5 Å². The van der Waals surface area contributed by atoms with Crippen LogP contribution in [0.3, 0.4) is 0 Å². The van der Waals surface area contributed by atoms with Gasteiger partial charge in [0.05, 0.1) is 116 Å². The molecule has 15 aromatic rings. The van der Waals surface area contributed by atoms with E-state index in [9.17, 15) is 14.7 Å². The molecule has 20 nitrogen and oxygen atoms in total. The summed E-state index contributed by atoms with van der Waals surface area (Å²) in [4.78, 5) is 53.7. The first-order chi connectivity index (χ1) is 55.4. The molecule has 3 aliphatic carbocycles. The van der Waals surface area contributed by atoms with E-state index in [0.717, 1.165) is 183 Å². The van der Waals surface area contributed by atoms with Crippen LogP contribution in [0.15, 0.2) is 215 Å². The van der Waals surface area contributed by atoms with Gasteiger partial charge in [-0.25, -0.2) is 4.79 Å². The monoisotopic (exact) mass is 1520 g/mol. The highest BCUT2D eigenvalue weighted by Crippen LogP contribution is 2.51. The summed E-state index contributed by atoms with van der Waals surface area (Å²) in [5.74, 6) is 3.78. The summed E-state index contributed by atoms with van der Waals surface area (Å²) in [5.41, 5.74) is 25.3.